The molecule has 1 heterocycles. The van der Waals surface area contributed by atoms with Crippen molar-refractivity contribution >= 4 is 37.7 Å². The number of rotatable bonds is 10. The van der Waals surface area contributed by atoms with Crippen molar-refractivity contribution < 1.29 is 31.5 Å². The third-order valence-electron chi connectivity index (χ3n) is 5.58. The fraction of sp³-hybridized carbons (Fsp3) is 0.364. The van der Waals surface area contributed by atoms with Crippen LogP contribution in [-0.2, 0) is 29.8 Å². The number of benzene rings is 2. The molecule has 1 fully saturated rings. The number of nitrogens with one attached hydrogen (secondary N) is 3. The van der Waals surface area contributed by atoms with Crippen molar-refractivity contribution in [3.63, 3.8) is 0 Å². The van der Waals surface area contributed by atoms with Gasteiger partial charge in [0.2, 0.25) is 15.9 Å². The summed E-state index contributed by atoms with van der Waals surface area (Å²) >= 11 is 0. The second-order valence-electron chi connectivity index (χ2n) is 8.03. The minimum absolute atomic E-state index is 0.0532. The van der Waals surface area contributed by atoms with Crippen LogP contribution < -0.4 is 19.1 Å². The summed E-state index contributed by atoms with van der Waals surface area (Å²) in [5.41, 5.74) is 0.557. The average molecular weight is 525 g/mol. The number of nitrogens with zero attached hydrogens (tertiary/aromatic N) is 1. The molecule has 0 aromatic heterocycles. The second kappa shape index (κ2) is 10.6. The molecule has 2 amide bonds. The summed E-state index contributed by atoms with van der Waals surface area (Å²) < 4.78 is 55.1. The van der Waals surface area contributed by atoms with Gasteiger partial charge >= 0.3 is 10.2 Å². The Balaban J connectivity index is 1.85. The molecule has 2 atom stereocenters. The standard InChI is InChI=1S/C22H28N4O7S2/c1-3-15(16-10-11-18(19(27)12-16)26-14-22(29)25-35(26,32)33)13-20(23-21(28)4-2)24-34(30,31)17-8-6-5-7-9-17/h5-12,15,20,24,27H,3-4,13-14H2,1-2H3,(H,23,28)(H,25,29). The third-order valence-corrected chi connectivity index (χ3v) is 8.46. The molecule has 1 aliphatic rings. The highest BCUT2D eigenvalue weighted by molar-refractivity contribution is 7.92. The fourth-order valence-corrected chi connectivity index (χ4v) is 6.12. The van der Waals surface area contributed by atoms with Gasteiger partial charge in [0.1, 0.15) is 12.3 Å². The molecule has 1 saturated heterocycles. The molecule has 0 saturated carbocycles. The molecule has 11 nitrogen and oxygen atoms in total. The average Bonchev–Trinajstić information content (AvgIpc) is 3.08. The van der Waals surface area contributed by atoms with Gasteiger partial charge in [-0.15, -0.1) is 0 Å². The molecular weight excluding hydrogens is 496 g/mol. The van der Waals surface area contributed by atoms with E-state index in [1.165, 1.54) is 24.3 Å². The normalized spacial score (nSPS) is 17.0. The van der Waals surface area contributed by atoms with Crippen LogP contribution in [0.2, 0.25) is 0 Å². The predicted molar refractivity (Wildman–Crippen MR) is 129 cm³/mol. The number of hydrogen-bond donors (Lipinski definition) is 4. The van der Waals surface area contributed by atoms with Gasteiger partial charge in [0.15, 0.2) is 0 Å². The van der Waals surface area contributed by atoms with Crippen LogP contribution in [0.15, 0.2) is 53.4 Å². The summed E-state index contributed by atoms with van der Waals surface area (Å²) in [6, 6.07) is 12.1. The van der Waals surface area contributed by atoms with Gasteiger partial charge in [0.05, 0.1) is 16.7 Å². The van der Waals surface area contributed by atoms with E-state index in [9.17, 15) is 31.5 Å². The zero-order valence-electron chi connectivity index (χ0n) is 19.3. The number of amides is 2. The molecule has 3 rings (SSSR count). The number of anilines is 1. The van der Waals surface area contributed by atoms with Crippen molar-refractivity contribution in [2.24, 2.45) is 0 Å². The Morgan fingerprint density at radius 2 is 1.86 bits per heavy atom. The smallest absolute Gasteiger partial charge is 0.326 e. The Hall–Kier alpha value is -3.16. The summed E-state index contributed by atoms with van der Waals surface area (Å²) in [4.78, 5) is 23.7. The van der Waals surface area contributed by atoms with E-state index in [0.29, 0.717) is 12.0 Å². The molecule has 0 radical (unpaired) electrons. The Labute approximate surface area is 204 Å². The molecule has 1 aliphatic heterocycles. The van der Waals surface area contributed by atoms with Gasteiger partial charge in [0.25, 0.3) is 5.91 Å². The molecule has 0 spiro atoms. The van der Waals surface area contributed by atoms with Gasteiger partial charge in [-0.3, -0.25) is 9.59 Å². The molecule has 2 aromatic rings. The maximum atomic E-state index is 12.9. The lowest BCUT2D eigenvalue weighted by atomic mass is 9.91. The number of carbonyl (C=O) groups is 2. The first kappa shape index (κ1) is 26.4. The van der Waals surface area contributed by atoms with Gasteiger partial charge in [0, 0.05) is 6.42 Å². The van der Waals surface area contributed by atoms with E-state index in [1.807, 2.05) is 11.6 Å². The largest absolute Gasteiger partial charge is 0.506 e. The molecular formula is C22H28N4O7S2. The van der Waals surface area contributed by atoms with Crippen LogP contribution in [0.3, 0.4) is 0 Å². The summed E-state index contributed by atoms with van der Waals surface area (Å²) in [7, 11) is -8.00. The van der Waals surface area contributed by atoms with E-state index in [1.54, 1.807) is 31.2 Å². The topological polar surface area (TPSA) is 162 Å². The molecule has 2 aromatic carbocycles. The first-order valence-corrected chi connectivity index (χ1v) is 13.9. The highest BCUT2D eigenvalue weighted by atomic mass is 32.2. The molecule has 2 unspecified atom stereocenters. The highest BCUT2D eigenvalue weighted by Gasteiger charge is 2.35. The van der Waals surface area contributed by atoms with Crippen LogP contribution in [0.5, 0.6) is 5.75 Å². The third kappa shape index (κ3) is 6.29. The lowest BCUT2D eigenvalue weighted by Gasteiger charge is -2.26. The van der Waals surface area contributed by atoms with Crippen LogP contribution in [0.1, 0.15) is 44.6 Å². The van der Waals surface area contributed by atoms with Gasteiger partial charge in [-0.2, -0.15) is 13.1 Å². The lowest BCUT2D eigenvalue weighted by molar-refractivity contribution is -0.121. The van der Waals surface area contributed by atoms with Crippen molar-refractivity contribution in [3.8, 4) is 5.75 Å². The first-order chi connectivity index (χ1) is 16.5. The lowest BCUT2D eigenvalue weighted by Crippen LogP contribution is -2.48. The quantitative estimate of drug-likeness (QED) is 0.340. The van der Waals surface area contributed by atoms with Gasteiger partial charge in [-0.1, -0.05) is 38.1 Å². The van der Waals surface area contributed by atoms with Crippen molar-refractivity contribution in [3.05, 3.63) is 54.1 Å². The number of carbonyl (C=O) groups excluding carboxylic acids is 2. The molecule has 4 N–H and O–H groups in total. The summed E-state index contributed by atoms with van der Waals surface area (Å²) in [5.74, 6) is -1.69. The zero-order valence-corrected chi connectivity index (χ0v) is 20.9. The summed E-state index contributed by atoms with van der Waals surface area (Å²) in [6.07, 6.45) is -0.0609. The second-order valence-corrected chi connectivity index (χ2v) is 11.3. The predicted octanol–water partition coefficient (Wildman–Crippen LogP) is 1.29. The fourth-order valence-electron chi connectivity index (χ4n) is 3.78. The maximum Gasteiger partial charge on any atom is 0.326 e. The zero-order chi connectivity index (χ0) is 25.8. The molecule has 35 heavy (non-hydrogen) atoms. The Bertz CT molecular complexity index is 1300. The van der Waals surface area contributed by atoms with Crippen LogP contribution in [0.4, 0.5) is 5.69 Å². The van der Waals surface area contributed by atoms with E-state index in [2.05, 4.69) is 10.0 Å². The molecule has 0 bridgehead atoms. The van der Waals surface area contributed by atoms with Crippen LogP contribution in [0.25, 0.3) is 0 Å². The van der Waals surface area contributed by atoms with E-state index in [4.69, 9.17) is 0 Å². The number of phenols is 1. The number of phenolic OH excluding ortho intramolecular Hbond substituents is 1. The summed E-state index contributed by atoms with van der Waals surface area (Å²) in [6.45, 7) is 3.07. The highest BCUT2D eigenvalue weighted by Crippen LogP contribution is 2.35. The number of hydrogen-bond acceptors (Lipinski definition) is 7. The maximum absolute atomic E-state index is 12.9. The van der Waals surface area contributed by atoms with Gasteiger partial charge in [-0.25, -0.2) is 17.4 Å². The van der Waals surface area contributed by atoms with E-state index in [-0.39, 0.29) is 41.0 Å². The Kier molecular flexibility index (Phi) is 8.03. The molecule has 13 heteroatoms. The van der Waals surface area contributed by atoms with Crippen molar-refractivity contribution in [1.82, 2.24) is 14.8 Å². The first-order valence-electron chi connectivity index (χ1n) is 11.0. The molecule has 190 valence electrons. The Morgan fingerprint density at radius 1 is 1.17 bits per heavy atom. The Morgan fingerprint density at radius 3 is 2.40 bits per heavy atom. The van der Waals surface area contributed by atoms with Gasteiger partial charge in [-0.05, 0) is 48.6 Å². The van der Waals surface area contributed by atoms with E-state index in [0.717, 1.165) is 4.31 Å². The van der Waals surface area contributed by atoms with E-state index < -0.39 is 38.9 Å². The monoisotopic (exact) mass is 524 g/mol. The van der Waals surface area contributed by atoms with Crippen molar-refractivity contribution in [1.29, 1.82) is 0 Å². The number of sulfonamides is 1. The SMILES string of the molecule is CCC(=O)NC(CC(CC)c1ccc(N2CC(=O)NS2(=O)=O)c(O)c1)NS(=O)(=O)c1ccccc1. The summed E-state index contributed by atoms with van der Waals surface area (Å²) in [5, 5.41) is 13.2. The van der Waals surface area contributed by atoms with Crippen LogP contribution >= 0.6 is 0 Å². The van der Waals surface area contributed by atoms with Crippen LogP contribution in [0, 0.1) is 0 Å². The van der Waals surface area contributed by atoms with Crippen molar-refractivity contribution in [2.45, 2.75) is 50.1 Å². The number of aromatic hydroxyl groups is 1. The minimum atomic E-state index is -4.08. The molecule has 0 aliphatic carbocycles. The van der Waals surface area contributed by atoms with Gasteiger partial charge < -0.3 is 10.4 Å². The van der Waals surface area contributed by atoms with E-state index >= 15 is 0 Å². The van der Waals surface area contributed by atoms with Crippen LogP contribution in [-0.4, -0.2) is 46.5 Å². The minimum Gasteiger partial charge on any atom is -0.506 e. The van der Waals surface area contributed by atoms with Crippen molar-refractivity contribution in [2.75, 3.05) is 10.8 Å².